The molecule has 0 spiro atoms. The van der Waals surface area contributed by atoms with Crippen molar-refractivity contribution in [2.45, 2.75) is 13.3 Å². The largest absolute Gasteiger partial charge is 0.481 e. The monoisotopic (exact) mass is 263 g/mol. The Labute approximate surface area is 111 Å². The maximum Gasteiger partial charge on any atom is 0.308 e. The zero-order valence-electron chi connectivity index (χ0n) is 10.7. The van der Waals surface area contributed by atoms with Crippen LogP contribution in [0.3, 0.4) is 0 Å². The zero-order chi connectivity index (χ0) is 14.0. The van der Waals surface area contributed by atoms with Crippen molar-refractivity contribution in [3.63, 3.8) is 0 Å². The third-order valence-electron chi connectivity index (χ3n) is 3.46. The van der Waals surface area contributed by atoms with E-state index >= 15 is 0 Å². The van der Waals surface area contributed by atoms with Crippen LogP contribution in [0.25, 0.3) is 0 Å². The molecule has 0 saturated carbocycles. The minimum atomic E-state index is -0.839. The number of carbonyl (C=O) groups excluding carboxylic acids is 1. The summed E-state index contributed by atoms with van der Waals surface area (Å²) in [5.74, 6) is -1.41. The van der Waals surface area contributed by atoms with Gasteiger partial charge < -0.3 is 15.7 Å². The van der Waals surface area contributed by atoms with Crippen molar-refractivity contribution in [3.8, 4) is 0 Å². The lowest BCUT2D eigenvalue weighted by Crippen LogP contribution is -2.31. The van der Waals surface area contributed by atoms with Crippen molar-refractivity contribution in [2.24, 2.45) is 11.8 Å². The zero-order valence-corrected chi connectivity index (χ0v) is 10.7. The van der Waals surface area contributed by atoms with Gasteiger partial charge in [-0.1, -0.05) is 6.92 Å². The normalized spacial score (nSPS) is 22.5. The molecule has 6 nitrogen and oxygen atoms in total. The molecule has 102 valence electrons. The van der Waals surface area contributed by atoms with Gasteiger partial charge in [-0.15, -0.1) is 0 Å². The molecule has 1 aliphatic heterocycles. The molecule has 0 radical (unpaired) electrons. The highest BCUT2D eigenvalue weighted by Crippen LogP contribution is 2.23. The number of hydrogen-bond donors (Lipinski definition) is 2. The predicted molar refractivity (Wildman–Crippen MR) is 69.2 cm³/mol. The Bertz CT molecular complexity index is 486. The number of aromatic nitrogens is 1. The molecule has 0 aromatic carbocycles. The van der Waals surface area contributed by atoms with Gasteiger partial charge in [-0.05, 0) is 18.1 Å². The molecule has 2 atom stereocenters. The van der Waals surface area contributed by atoms with Crippen LogP contribution in [0.4, 0.5) is 5.69 Å². The van der Waals surface area contributed by atoms with Crippen LogP contribution in [0, 0.1) is 11.8 Å². The van der Waals surface area contributed by atoms with Gasteiger partial charge in [0.2, 0.25) is 5.91 Å². The Morgan fingerprint density at radius 1 is 1.47 bits per heavy atom. The van der Waals surface area contributed by atoms with E-state index in [1.807, 2.05) is 6.92 Å². The van der Waals surface area contributed by atoms with E-state index in [2.05, 4.69) is 4.98 Å². The van der Waals surface area contributed by atoms with E-state index < -0.39 is 11.9 Å². The number of nitrogens with zero attached hydrogens (tertiary/aromatic N) is 2. The van der Waals surface area contributed by atoms with Crippen molar-refractivity contribution in [1.29, 1.82) is 0 Å². The number of likely N-dealkylation sites (tertiary alicyclic amines) is 1. The maximum absolute atomic E-state index is 12.1. The molecule has 2 rings (SSSR count). The third-order valence-corrected chi connectivity index (χ3v) is 3.46. The van der Waals surface area contributed by atoms with E-state index in [4.69, 9.17) is 10.8 Å². The highest BCUT2D eigenvalue weighted by atomic mass is 16.4. The van der Waals surface area contributed by atoms with Gasteiger partial charge in [0.15, 0.2) is 0 Å². The van der Waals surface area contributed by atoms with Crippen LogP contribution in [0.1, 0.15) is 12.6 Å². The Hall–Kier alpha value is -2.11. The third kappa shape index (κ3) is 3.01. The Morgan fingerprint density at radius 3 is 2.74 bits per heavy atom. The number of aliphatic carboxylic acids is 1. The first kappa shape index (κ1) is 13.3. The molecule has 3 N–H and O–H groups in total. The van der Waals surface area contributed by atoms with Gasteiger partial charge in [0, 0.05) is 18.8 Å². The van der Waals surface area contributed by atoms with Crippen LogP contribution in [-0.2, 0) is 16.0 Å². The lowest BCUT2D eigenvalue weighted by Gasteiger charge is -2.15. The van der Waals surface area contributed by atoms with Crippen LogP contribution >= 0.6 is 0 Å². The van der Waals surface area contributed by atoms with E-state index in [1.54, 1.807) is 17.0 Å². The fourth-order valence-electron chi connectivity index (χ4n) is 2.30. The molecule has 2 heterocycles. The van der Waals surface area contributed by atoms with Crippen molar-refractivity contribution in [3.05, 3.63) is 24.0 Å². The lowest BCUT2D eigenvalue weighted by molar-refractivity contribution is -0.142. The predicted octanol–water partition coefficient (Wildman–Crippen LogP) is 0.385. The fraction of sp³-hybridized carbons (Fsp3) is 0.462. The van der Waals surface area contributed by atoms with Crippen LogP contribution in [0.15, 0.2) is 18.3 Å². The minimum absolute atomic E-state index is 0.0131. The van der Waals surface area contributed by atoms with E-state index in [9.17, 15) is 9.59 Å². The average molecular weight is 263 g/mol. The number of carbonyl (C=O) groups is 2. The topological polar surface area (TPSA) is 96.5 Å². The smallest absolute Gasteiger partial charge is 0.308 e. The van der Waals surface area contributed by atoms with Gasteiger partial charge in [-0.3, -0.25) is 14.6 Å². The number of rotatable bonds is 3. The number of nitrogens with two attached hydrogens (primary N) is 1. The second-order valence-electron chi connectivity index (χ2n) is 4.98. The Morgan fingerprint density at radius 2 is 2.21 bits per heavy atom. The highest BCUT2D eigenvalue weighted by molar-refractivity contribution is 5.80. The molecule has 0 aliphatic carbocycles. The SMILES string of the molecule is C[C@@H]1CN(C(=O)Cc2ccc(N)cn2)C[C@H]1C(=O)O. The molecule has 1 saturated heterocycles. The van der Waals surface area contributed by atoms with Crippen molar-refractivity contribution in [2.75, 3.05) is 18.8 Å². The summed E-state index contributed by atoms with van der Waals surface area (Å²) in [5, 5.41) is 9.04. The molecular formula is C13H17N3O3. The van der Waals surface area contributed by atoms with Gasteiger partial charge in [-0.25, -0.2) is 0 Å². The first-order valence-electron chi connectivity index (χ1n) is 6.18. The summed E-state index contributed by atoms with van der Waals surface area (Å²) >= 11 is 0. The number of amides is 1. The maximum atomic E-state index is 12.1. The van der Waals surface area contributed by atoms with Crippen molar-refractivity contribution >= 4 is 17.6 Å². The summed E-state index contributed by atoms with van der Waals surface area (Å²) in [6.45, 7) is 2.63. The summed E-state index contributed by atoms with van der Waals surface area (Å²) in [7, 11) is 0. The number of hydrogen-bond acceptors (Lipinski definition) is 4. The quantitative estimate of drug-likeness (QED) is 0.822. The van der Waals surface area contributed by atoms with E-state index in [1.165, 1.54) is 6.20 Å². The molecule has 1 fully saturated rings. The van der Waals surface area contributed by atoms with Crippen molar-refractivity contribution < 1.29 is 14.7 Å². The lowest BCUT2D eigenvalue weighted by atomic mass is 9.99. The molecular weight excluding hydrogens is 246 g/mol. The summed E-state index contributed by atoms with van der Waals surface area (Å²) < 4.78 is 0. The molecule has 1 aliphatic rings. The number of carboxylic acid groups (broad SMARTS) is 1. The van der Waals surface area contributed by atoms with E-state index in [-0.39, 0.29) is 24.8 Å². The molecule has 1 aromatic rings. The Balaban J connectivity index is 1.98. The molecule has 0 bridgehead atoms. The van der Waals surface area contributed by atoms with Crippen LogP contribution in [-0.4, -0.2) is 40.0 Å². The molecule has 1 amide bonds. The van der Waals surface area contributed by atoms with Crippen LogP contribution in [0.2, 0.25) is 0 Å². The van der Waals surface area contributed by atoms with Crippen LogP contribution < -0.4 is 5.73 Å². The molecule has 19 heavy (non-hydrogen) atoms. The summed E-state index contributed by atoms with van der Waals surface area (Å²) in [6.07, 6.45) is 1.69. The Kier molecular flexibility index (Phi) is 3.69. The van der Waals surface area contributed by atoms with Crippen molar-refractivity contribution in [1.82, 2.24) is 9.88 Å². The average Bonchev–Trinajstić information content (AvgIpc) is 2.74. The summed E-state index contributed by atoms with van der Waals surface area (Å²) in [5.41, 5.74) is 6.72. The number of nitrogen functional groups attached to an aromatic ring is 1. The second-order valence-corrected chi connectivity index (χ2v) is 4.98. The van der Waals surface area contributed by atoms with Gasteiger partial charge >= 0.3 is 5.97 Å². The van der Waals surface area contributed by atoms with Crippen LogP contribution in [0.5, 0.6) is 0 Å². The van der Waals surface area contributed by atoms with Gasteiger partial charge in [0.1, 0.15) is 0 Å². The number of pyridine rings is 1. The van der Waals surface area contributed by atoms with E-state index in [0.717, 1.165) is 0 Å². The molecule has 6 heteroatoms. The summed E-state index contributed by atoms with van der Waals surface area (Å²) in [4.78, 5) is 28.8. The first-order chi connectivity index (χ1) is 8.97. The minimum Gasteiger partial charge on any atom is -0.481 e. The molecule has 0 unspecified atom stereocenters. The van der Waals surface area contributed by atoms with Gasteiger partial charge in [0.25, 0.3) is 0 Å². The van der Waals surface area contributed by atoms with Gasteiger partial charge in [-0.2, -0.15) is 0 Å². The van der Waals surface area contributed by atoms with Gasteiger partial charge in [0.05, 0.1) is 24.2 Å². The number of carboxylic acids is 1. The summed E-state index contributed by atoms with van der Waals surface area (Å²) in [6, 6.07) is 3.41. The fourth-order valence-corrected chi connectivity index (χ4v) is 2.30. The standard InChI is InChI=1S/C13H17N3O3/c1-8-6-16(7-11(8)13(18)19)12(17)4-10-3-2-9(14)5-15-10/h2-3,5,8,11H,4,6-7,14H2,1H3,(H,18,19)/t8-,11-/m1/s1. The second kappa shape index (κ2) is 5.26. The highest BCUT2D eigenvalue weighted by Gasteiger charge is 2.36. The molecule has 1 aromatic heterocycles. The first-order valence-corrected chi connectivity index (χ1v) is 6.18. The number of anilines is 1. The van der Waals surface area contributed by atoms with E-state index in [0.29, 0.717) is 17.9 Å².